The number of hydrogen-bond donors (Lipinski definition) is 5. The summed E-state index contributed by atoms with van der Waals surface area (Å²) in [5.74, 6) is 13.6. The average molecular weight is 727 g/mol. The summed E-state index contributed by atoms with van der Waals surface area (Å²) in [5.41, 5.74) is 3.64. The number of hydrogen-bond acceptors (Lipinski definition) is 6. The van der Waals surface area contributed by atoms with Crippen molar-refractivity contribution in [3.63, 3.8) is 0 Å². The van der Waals surface area contributed by atoms with Crippen LogP contribution in [0.3, 0.4) is 0 Å². The average Bonchev–Trinajstić information content (AvgIpc) is 4.07. The molecule has 54 heavy (non-hydrogen) atoms. The molecule has 1 aromatic carbocycles. The first-order chi connectivity index (χ1) is 26.3. The van der Waals surface area contributed by atoms with Crippen molar-refractivity contribution in [2.24, 2.45) is 11.8 Å². The van der Waals surface area contributed by atoms with Crippen LogP contribution in [0, 0.1) is 35.5 Å². The first-order valence-electron chi connectivity index (χ1n) is 18.6. The molecule has 278 valence electrons. The molecule has 1 aliphatic heterocycles. The summed E-state index contributed by atoms with van der Waals surface area (Å²) in [7, 11) is 0. The van der Waals surface area contributed by atoms with Crippen molar-refractivity contribution >= 4 is 23.6 Å². The molecule has 3 aliphatic rings. The van der Waals surface area contributed by atoms with Crippen molar-refractivity contribution in [1.82, 2.24) is 40.8 Å². The minimum absolute atomic E-state index is 0.0107. The molecule has 6 rings (SSSR count). The van der Waals surface area contributed by atoms with E-state index in [0.29, 0.717) is 42.3 Å². The number of H-pyrrole nitrogens is 2. The largest absolute Gasteiger partial charge is 0.354 e. The first kappa shape index (κ1) is 37.6. The van der Waals surface area contributed by atoms with Crippen LogP contribution in [-0.4, -0.2) is 74.1 Å². The highest BCUT2D eigenvalue weighted by Crippen LogP contribution is 2.31. The Bertz CT molecular complexity index is 2030. The number of amides is 4. The van der Waals surface area contributed by atoms with Crippen LogP contribution in [-0.2, 0) is 25.6 Å². The number of imidazole rings is 2. The van der Waals surface area contributed by atoms with Crippen LogP contribution in [0.2, 0.25) is 0 Å². The van der Waals surface area contributed by atoms with Gasteiger partial charge in [-0.2, -0.15) is 0 Å². The van der Waals surface area contributed by atoms with E-state index in [1.807, 2.05) is 24.3 Å². The number of aromatic amines is 2. The summed E-state index contributed by atoms with van der Waals surface area (Å²) < 4.78 is 0. The van der Waals surface area contributed by atoms with Gasteiger partial charge < -0.3 is 30.8 Å². The van der Waals surface area contributed by atoms with E-state index in [-0.39, 0.29) is 48.1 Å². The maximum atomic E-state index is 12.9. The Morgan fingerprint density at radius 2 is 1.52 bits per heavy atom. The van der Waals surface area contributed by atoms with Crippen molar-refractivity contribution < 1.29 is 19.2 Å². The molecule has 0 bridgehead atoms. The van der Waals surface area contributed by atoms with Crippen LogP contribution < -0.4 is 16.0 Å². The van der Waals surface area contributed by atoms with Crippen LogP contribution in [0.5, 0.6) is 0 Å². The van der Waals surface area contributed by atoms with Crippen LogP contribution in [0.4, 0.5) is 0 Å². The Morgan fingerprint density at radius 3 is 2.19 bits per heavy atom. The first-order valence-corrected chi connectivity index (χ1v) is 18.6. The van der Waals surface area contributed by atoms with Gasteiger partial charge in [-0.25, -0.2) is 9.97 Å². The number of likely N-dealkylation sites (tertiary alicyclic amines) is 1. The van der Waals surface area contributed by atoms with Crippen LogP contribution >= 0.6 is 0 Å². The molecular formula is C42H46N8O4. The molecule has 2 atom stereocenters. The Labute approximate surface area is 315 Å². The lowest BCUT2D eigenvalue weighted by molar-refractivity contribution is -0.134. The lowest BCUT2D eigenvalue weighted by Gasteiger charge is -2.23. The minimum Gasteiger partial charge on any atom is -0.354 e. The zero-order valence-corrected chi connectivity index (χ0v) is 30.4. The molecule has 12 nitrogen and oxygen atoms in total. The topological polar surface area (TPSA) is 165 Å². The van der Waals surface area contributed by atoms with E-state index in [0.717, 1.165) is 68.3 Å². The highest BCUT2D eigenvalue weighted by Gasteiger charge is 2.35. The molecule has 2 aromatic heterocycles. The second-order valence-electron chi connectivity index (χ2n) is 13.8. The molecule has 4 amide bonds. The van der Waals surface area contributed by atoms with Gasteiger partial charge in [-0.05, 0) is 93.0 Å². The van der Waals surface area contributed by atoms with Gasteiger partial charge in [-0.15, -0.1) is 0 Å². The number of carbonyl (C=O) groups excluding carboxylic acids is 4. The van der Waals surface area contributed by atoms with Crippen molar-refractivity contribution in [1.29, 1.82) is 0 Å². The number of unbranched alkanes of at least 4 members (excludes halogenated alkanes) is 1. The summed E-state index contributed by atoms with van der Waals surface area (Å²) in [5, 5.41) is 8.55. The minimum atomic E-state index is -0.798. The second-order valence-corrected chi connectivity index (χ2v) is 13.8. The van der Waals surface area contributed by atoms with Gasteiger partial charge in [0.05, 0.1) is 25.0 Å². The highest BCUT2D eigenvalue weighted by molar-refractivity contribution is 5.92. The highest BCUT2D eigenvalue weighted by atomic mass is 16.2. The van der Waals surface area contributed by atoms with E-state index < -0.39 is 6.04 Å². The Morgan fingerprint density at radius 1 is 0.852 bits per heavy atom. The summed E-state index contributed by atoms with van der Waals surface area (Å²) in [4.78, 5) is 67.3. The third kappa shape index (κ3) is 10.5. The summed E-state index contributed by atoms with van der Waals surface area (Å²) in [6.07, 6.45) is 15.7. The van der Waals surface area contributed by atoms with Gasteiger partial charge in [-0.3, -0.25) is 19.2 Å². The van der Waals surface area contributed by atoms with Crippen molar-refractivity contribution in [3.05, 3.63) is 108 Å². The van der Waals surface area contributed by atoms with Crippen molar-refractivity contribution in [2.45, 2.75) is 69.9 Å². The van der Waals surface area contributed by atoms with E-state index in [9.17, 15) is 19.2 Å². The lowest BCUT2D eigenvalue weighted by atomic mass is 10.1. The fourth-order valence-corrected chi connectivity index (χ4v) is 6.20. The van der Waals surface area contributed by atoms with Gasteiger partial charge in [0.1, 0.15) is 29.1 Å². The van der Waals surface area contributed by atoms with Gasteiger partial charge in [0.2, 0.25) is 23.6 Å². The zero-order valence-electron chi connectivity index (χ0n) is 30.4. The predicted molar refractivity (Wildman–Crippen MR) is 204 cm³/mol. The quantitative estimate of drug-likeness (QED) is 0.0910. The van der Waals surface area contributed by atoms with E-state index in [1.54, 1.807) is 35.5 Å². The van der Waals surface area contributed by atoms with Crippen LogP contribution in [0.25, 0.3) is 0 Å². The number of nitrogens with one attached hydrogen (secondary N) is 5. The van der Waals surface area contributed by atoms with Gasteiger partial charge in [-0.1, -0.05) is 43.2 Å². The third-order valence-corrected chi connectivity index (χ3v) is 9.56. The third-order valence-electron chi connectivity index (χ3n) is 9.56. The molecule has 12 heteroatoms. The van der Waals surface area contributed by atoms with Gasteiger partial charge >= 0.3 is 0 Å². The van der Waals surface area contributed by atoms with Gasteiger partial charge in [0.25, 0.3) is 0 Å². The molecule has 2 unspecified atom stereocenters. The molecule has 2 aliphatic carbocycles. The Kier molecular flexibility index (Phi) is 12.6. The van der Waals surface area contributed by atoms with E-state index in [4.69, 9.17) is 0 Å². The predicted octanol–water partition coefficient (Wildman–Crippen LogP) is 3.75. The number of nitrogens with zero attached hydrogens (tertiary/aromatic N) is 3. The number of benzene rings is 1. The molecule has 3 aromatic rings. The van der Waals surface area contributed by atoms with E-state index in [1.165, 1.54) is 0 Å². The molecular weight excluding hydrogens is 681 g/mol. The Hall–Kier alpha value is -6.14. The van der Waals surface area contributed by atoms with Crippen LogP contribution in [0.1, 0.15) is 91.6 Å². The van der Waals surface area contributed by atoms with Crippen LogP contribution in [0.15, 0.2) is 73.6 Å². The maximum Gasteiger partial charge on any atom is 0.247 e. The summed E-state index contributed by atoms with van der Waals surface area (Å²) in [6, 6.07) is 6.70. The number of allylic oxidation sites excluding steroid dienone is 2. The summed E-state index contributed by atoms with van der Waals surface area (Å²) >= 11 is 0. The molecule has 1 saturated heterocycles. The molecule has 3 fully saturated rings. The smallest absolute Gasteiger partial charge is 0.247 e. The van der Waals surface area contributed by atoms with E-state index >= 15 is 0 Å². The monoisotopic (exact) mass is 726 g/mol. The normalized spacial score (nSPS) is 16.9. The Balaban J connectivity index is 0.933. The zero-order chi connectivity index (χ0) is 37.9. The standard InChI is InChI=1S/C42H46N8O4/c1-3-8-30(4-2)38(49-41(53)32-19-20-32)42(54)43-23-6-5-10-36-44-25-33(47-36)21-15-28-11-13-29(14-12-28)16-22-34-26-45-39(48-34)35-9-7-24-50(35)37(51)27-46-40(52)31-17-18-31/h3-4,8,11-14,25-26,31-32,35,38H,1-2,5-7,9-10,17-20,23-24,27H2,(H,43,54)(H,44,47)(H,45,48)(H,46,52)(H,49,53)/b30-8+. The summed E-state index contributed by atoms with van der Waals surface area (Å²) in [6.45, 7) is 8.60. The van der Waals surface area contributed by atoms with Crippen molar-refractivity contribution in [3.8, 4) is 23.7 Å². The molecule has 0 spiro atoms. The fourth-order valence-electron chi connectivity index (χ4n) is 6.20. The number of carbonyl (C=O) groups is 4. The maximum absolute atomic E-state index is 12.9. The lowest BCUT2D eigenvalue weighted by Crippen LogP contribution is -2.48. The second kappa shape index (κ2) is 18.1. The van der Waals surface area contributed by atoms with Gasteiger partial charge in [0, 0.05) is 42.5 Å². The molecule has 0 radical (unpaired) electrons. The fraction of sp³-hybridized carbons (Fsp3) is 0.381. The van der Waals surface area contributed by atoms with E-state index in [2.05, 4.69) is 72.7 Å². The number of rotatable bonds is 15. The molecule has 5 N–H and O–H groups in total. The number of aromatic nitrogens is 4. The molecule has 2 saturated carbocycles. The van der Waals surface area contributed by atoms with Gasteiger partial charge in [0.15, 0.2) is 0 Å². The van der Waals surface area contributed by atoms with Crippen molar-refractivity contribution in [2.75, 3.05) is 19.6 Å². The molecule has 3 heterocycles. The SMILES string of the molecule is C=C/C=C(\C=C)C(NC(=O)C1CC1)C(=O)NCCCCc1ncc(C#Cc2ccc(C#Cc3cnc(C4CCCN4C(=O)CNC(=O)C4CC4)[nH]3)cc2)[nH]1. The number of aryl methyl sites for hydroxylation is 1.